The third kappa shape index (κ3) is 39.3. The van der Waals surface area contributed by atoms with Crippen molar-refractivity contribution in [3.05, 3.63) is 109 Å². The molecule has 0 spiro atoms. The van der Waals surface area contributed by atoms with Gasteiger partial charge in [-0.25, -0.2) is 0 Å². The topological polar surface area (TPSA) is 78.9 Å². The zero-order valence-electron chi connectivity index (χ0n) is 34.2. The third-order valence-corrected chi connectivity index (χ3v) is 8.22. The van der Waals surface area contributed by atoms with Crippen LogP contribution in [-0.2, 0) is 28.6 Å². The predicted molar refractivity (Wildman–Crippen MR) is 228 cm³/mol. The molecule has 0 aromatic heterocycles. The fourth-order valence-corrected chi connectivity index (χ4v) is 5.12. The molecule has 0 fully saturated rings. The van der Waals surface area contributed by atoms with Crippen molar-refractivity contribution in [2.45, 2.75) is 162 Å². The predicted octanol–water partition coefficient (Wildman–Crippen LogP) is 13.2. The molecule has 0 bridgehead atoms. The molecule has 0 rings (SSSR count). The van der Waals surface area contributed by atoms with Gasteiger partial charge in [-0.05, 0) is 51.4 Å². The van der Waals surface area contributed by atoms with E-state index >= 15 is 0 Å². The number of hydrogen-bond acceptors (Lipinski definition) is 6. The molecule has 0 aromatic carbocycles. The molecule has 0 saturated heterocycles. The third-order valence-electron chi connectivity index (χ3n) is 8.22. The van der Waals surface area contributed by atoms with E-state index < -0.39 is 12.1 Å². The molecule has 0 N–H and O–H groups in total. The molecule has 0 amide bonds. The summed E-state index contributed by atoms with van der Waals surface area (Å²) < 4.78 is 16.5. The minimum Gasteiger partial charge on any atom is -0.462 e. The van der Waals surface area contributed by atoms with Crippen molar-refractivity contribution >= 4 is 17.9 Å². The molecule has 1 unspecified atom stereocenters. The molecule has 0 radical (unpaired) electrons. The van der Waals surface area contributed by atoms with Crippen LogP contribution in [0, 0.1) is 0 Å². The number of unbranched alkanes of at least 4 members (excludes halogenated alkanes) is 12. The molecule has 302 valence electrons. The van der Waals surface area contributed by atoms with Crippen molar-refractivity contribution in [2.75, 3.05) is 13.2 Å². The highest BCUT2D eigenvalue weighted by Crippen LogP contribution is 2.12. The standard InChI is InChI=1S/C48H74O6/c1-4-7-10-13-16-19-21-22-23-24-25-26-27-30-32-35-38-41-47(50)53-44-45(43-52-46(49)40-37-34-31-28-18-15-12-9-6-3)54-48(51)42-39-36-33-29-20-17-14-11-8-5-2/h7,9-10,12-13,16,18-19,21-28,34,37,45H,4-6,8,11,14-15,17,20,29-33,35-36,38-44H2,1-3H3/b10-7-,12-9-,16-13-,21-19-,23-22-,25-24+,27-26-,28-18-,37-34-. The normalized spacial score (nSPS) is 13.2. The zero-order chi connectivity index (χ0) is 39.4. The average Bonchev–Trinajstić information content (AvgIpc) is 3.17. The highest BCUT2D eigenvalue weighted by molar-refractivity contribution is 5.72. The van der Waals surface area contributed by atoms with E-state index in [4.69, 9.17) is 14.2 Å². The van der Waals surface area contributed by atoms with Crippen LogP contribution in [0.15, 0.2) is 109 Å². The molecule has 0 aromatic rings. The van der Waals surface area contributed by atoms with Gasteiger partial charge in [-0.1, -0.05) is 194 Å². The summed E-state index contributed by atoms with van der Waals surface area (Å²) in [4.78, 5) is 37.5. The van der Waals surface area contributed by atoms with Gasteiger partial charge in [0.2, 0.25) is 0 Å². The largest absolute Gasteiger partial charge is 0.462 e. The number of rotatable bonds is 35. The quantitative estimate of drug-likeness (QED) is 0.0211. The van der Waals surface area contributed by atoms with E-state index in [0.29, 0.717) is 12.8 Å². The maximum atomic E-state index is 12.6. The van der Waals surface area contributed by atoms with Gasteiger partial charge in [0.1, 0.15) is 13.2 Å². The van der Waals surface area contributed by atoms with Crippen LogP contribution in [0.3, 0.4) is 0 Å². The van der Waals surface area contributed by atoms with E-state index in [-0.39, 0.29) is 31.6 Å². The Morgan fingerprint density at radius 2 is 0.870 bits per heavy atom. The van der Waals surface area contributed by atoms with Gasteiger partial charge in [0, 0.05) is 12.8 Å². The van der Waals surface area contributed by atoms with Crippen molar-refractivity contribution in [3.63, 3.8) is 0 Å². The van der Waals surface area contributed by atoms with E-state index in [1.807, 2.05) is 66.8 Å². The van der Waals surface area contributed by atoms with Crippen LogP contribution >= 0.6 is 0 Å². The van der Waals surface area contributed by atoms with Gasteiger partial charge in [0.05, 0.1) is 6.42 Å². The SMILES string of the molecule is CC\C=C/C=C\C=C/C=C\C=C\C=C/CCCCCC(=O)OCC(COC(=O)C/C=C\C/C=C\C/C=C\CC)OC(=O)CCCCCCCCCCCC. The number of ether oxygens (including phenoxy) is 3. The Morgan fingerprint density at radius 3 is 1.44 bits per heavy atom. The Morgan fingerprint density at radius 1 is 0.426 bits per heavy atom. The zero-order valence-corrected chi connectivity index (χ0v) is 34.2. The summed E-state index contributed by atoms with van der Waals surface area (Å²) in [7, 11) is 0. The van der Waals surface area contributed by atoms with Crippen LogP contribution < -0.4 is 0 Å². The van der Waals surface area contributed by atoms with Crippen LogP contribution in [-0.4, -0.2) is 37.2 Å². The summed E-state index contributed by atoms with van der Waals surface area (Å²) in [6.07, 6.45) is 55.3. The smallest absolute Gasteiger partial charge is 0.309 e. The Labute approximate surface area is 330 Å². The molecule has 6 heteroatoms. The fourth-order valence-electron chi connectivity index (χ4n) is 5.12. The Kier molecular flexibility index (Phi) is 38.8. The lowest BCUT2D eigenvalue weighted by molar-refractivity contribution is -0.166. The molecule has 0 aliphatic carbocycles. The van der Waals surface area contributed by atoms with Crippen molar-refractivity contribution in [2.24, 2.45) is 0 Å². The molecule has 6 nitrogen and oxygen atoms in total. The number of carbonyl (C=O) groups excluding carboxylic acids is 3. The maximum Gasteiger partial charge on any atom is 0.309 e. The van der Waals surface area contributed by atoms with Gasteiger partial charge in [0.15, 0.2) is 6.10 Å². The van der Waals surface area contributed by atoms with E-state index in [1.54, 1.807) is 6.08 Å². The second-order valence-electron chi connectivity index (χ2n) is 13.3. The number of hydrogen-bond donors (Lipinski definition) is 0. The van der Waals surface area contributed by atoms with Gasteiger partial charge in [-0.3, -0.25) is 14.4 Å². The average molecular weight is 747 g/mol. The number of carbonyl (C=O) groups is 3. The van der Waals surface area contributed by atoms with Crippen LogP contribution in [0.1, 0.15) is 156 Å². The van der Waals surface area contributed by atoms with Crippen molar-refractivity contribution < 1.29 is 28.6 Å². The first-order valence-electron chi connectivity index (χ1n) is 21.0. The number of allylic oxidation sites excluding steroid dienone is 17. The molecular weight excluding hydrogens is 673 g/mol. The summed E-state index contributed by atoms with van der Waals surface area (Å²) >= 11 is 0. The van der Waals surface area contributed by atoms with Gasteiger partial charge >= 0.3 is 17.9 Å². The van der Waals surface area contributed by atoms with E-state index in [9.17, 15) is 14.4 Å². The van der Waals surface area contributed by atoms with Crippen molar-refractivity contribution in [3.8, 4) is 0 Å². The highest BCUT2D eigenvalue weighted by atomic mass is 16.6. The van der Waals surface area contributed by atoms with Crippen LogP contribution in [0.4, 0.5) is 0 Å². The first kappa shape index (κ1) is 50.1. The van der Waals surface area contributed by atoms with Gasteiger partial charge < -0.3 is 14.2 Å². The minimum absolute atomic E-state index is 0.123. The maximum absolute atomic E-state index is 12.6. The lowest BCUT2D eigenvalue weighted by Gasteiger charge is -2.18. The van der Waals surface area contributed by atoms with E-state index in [2.05, 4.69) is 57.2 Å². The molecule has 0 aliphatic heterocycles. The van der Waals surface area contributed by atoms with Crippen LogP contribution in [0.25, 0.3) is 0 Å². The lowest BCUT2D eigenvalue weighted by atomic mass is 10.1. The van der Waals surface area contributed by atoms with Crippen LogP contribution in [0.5, 0.6) is 0 Å². The van der Waals surface area contributed by atoms with Gasteiger partial charge in [-0.15, -0.1) is 0 Å². The highest BCUT2D eigenvalue weighted by Gasteiger charge is 2.19. The molecule has 0 aliphatic rings. The second kappa shape index (κ2) is 41.8. The molecule has 0 heterocycles. The molecule has 54 heavy (non-hydrogen) atoms. The molecule has 0 saturated carbocycles. The first-order chi connectivity index (χ1) is 26.5. The lowest BCUT2D eigenvalue weighted by Crippen LogP contribution is -2.30. The molecular formula is C48H74O6. The first-order valence-corrected chi connectivity index (χ1v) is 21.0. The Hall–Kier alpha value is -3.93. The Balaban J connectivity index is 4.54. The second-order valence-corrected chi connectivity index (χ2v) is 13.3. The van der Waals surface area contributed by atoms with Crippen molar-refractivity contribution in [1.29, 1.82) is 0 Å². The summed E-state index contributed by atoms with van der Waals surface area (Å²) in [5, 5.41) is 0. The summed E-state index contributed by atoms with van der Waals surface area (Å²) in [6.45, 7) is 6.18. The monoisotopic (exact) mass is 747 g/mol. The molecule has 1 atom stereocenters. The summed E-state index contributed by atoms with van der Waals surface area (Å²) in [6, 6.07) is 0. The van der Waals surface area contributed by atoms with Crippen molar-refractivity contribution in [1.82, 2.24) is 0 Å². The number of esters is 3. The fraction of sp³-hybridized carbons (Fsp3) is 0.562. The van der Waals surface area contributed by atoms with E-state index in [1.165, 1.54) is 44.9 Å². The van der Waals surface area contributed by atoms with Gasteiger partial charge in [0.25, 0.3) is 0 Å². The summed E-state index contributed by atoms with van der Waals surface area (Å²) in [5.41, 5.74) is 0. The summed E-state index contributed by atoms with van der Waals surface area (Å²) in [5.74, 6) is -1.11. The van der Waals surface area contributed by atoms with Gasteiger partial charge in [-0.2, -0.15) is 0 Å². The van der Waals surface area contributed by atoms with E-state index in [0.717, 1.165) is 70.6 Å². The van der Waals surface area contributed by atoms with Crippen LogP contribution in [0.2, 0.25) is 0 Å². The minimum atomic E-state index is -0.828. The Bertz CT molecular complexity index is 1180.